The summed E-state index contributed by atoms with van der Waals surface area (Å²) in [4.78, 5) is 0. The van der Waals surface area contributed by atoms with E-state index >= 15 is 0 Å². The third kappa shape index (κ3) is 2.20. The lowest BCUT2D eigenvalue weighted by atomic mass is 9.87. The van der Waals surface area contributed by atoms with Crippen LogP contribution in [0.4, 0.5) is 0 Å². The Balaban J connectivity index is 2.22. The molecule has 0 bridgehead atoms. The summed E-state index contributed by atoms with van der Waals surface area (Å²) < 4.78 is 5.24. The predicted molar refractivity (Wildman–Crippen MR) is 65.5 cm³/mol. The maximum Gasteiger partial charge on any atom is 0.119 e. The van der Waals surface area contributed by atoms with Crippen molar-refractivity contribution in [2.75, 3.05) is 13.7 Å². The molecule has 2 rings (SSSR count). The minimum Gasteiger partial charge on any atom is -0.497 e. The Morgan fingerprint density at radius 1 is 1.56 bits per heavy atom. The second-order valence-electron chi connectivity index (χ2n) is 4.09. The molecule has 1 aliphatic rings. The van der Waals surface area contributed by atoms with Crippen LogP contribution in [0.15, 0.2) is 18.2 Å². The number of hydrogen-bond donors (Lipinski definition) is 1. The molecular weight excluding hydrogens is 198 g/mol. The molecule has 1 atom stereocenters. The summed E-state index contributed by atoms with van der Waals surface area (Å²) >= 11 is 0. The van der Waals surface area contributed by atoms with E-state index in [1.807, 2.05) is 6.07 Å². The summed E-state index contributed by atoms with van der Waals surface area (Å²) in [5.74, 6) is 3.57. The van der Waals surface area contributed by atoms with Gasteiger partial charge < -0.3 is 4.74 Å². The number of terminal acetylenes is 1. The summed E-state index contributed by atoms with van der Waals surface area (Å²) in [6, 6.07) is 6.72. The standard InChI is InChI=1S/C14H17NO/c1-3-9-15-14-6-4-5-11-10-12(16-2)7-8-13(11)14/h1,7-8,10,14-15H,4-6,9H2,2H3. The molecule has 1 aliphatic carbocycles. The summed E-state index contributed by atoms with van der Waals surface area (Å²) in [5.41, 5.74) is 2.77. The molecule has 0 aromatic heterocycles. The fourth-order valence-electron chi connectivity index (χ4n) is 2.31. The first kappa shape index (κ1) is 11.0. The summed E-state index contributed by atoms with van der Waals surface area (Å²) in [7, 11) is 1.71. The van der Waals surface area contributed by atoms with Gasteiger partial charge in [-0.1, -0.05) is 12.0 Å². The molecule has 0 radical (unpaired) electrons. The molecule has 1 N–H and O–H groups in total. The number of aryl methyl sites for hydroxylation is 1. The monoisotopic (exact) mass is 215 g/mol. The minimum absolute atomic E-state index is 0.408. The Bertz CT molecular complexity index is 406. The molecular formula is C14H17NO. The Morgan fingerprint density at radius 2 is 2.44 bits per heavy atom. The third-order valence-corrected chi connectivity index (χ3v) is 3.11. The van der Waals surface area contributed by atoms with Crippen molar-refractivity contribution in [2.45, 2.75) is 25.3 Å². The van der Waals surface area contributed by atoms with Gasteiger partial charge in [0.05, 0.1) is 13.7 Å². The Hall–Kier alpha value is -1.46. The van der Waals surface area contributed by atoms with Gasteiger partial charge in [0, 0.05) is 6.04 Å². The topological polar surface area (TPSA) is 21.3 Å². The molecule has 0 saturated heterocycles. The Kier molecular flexibility index (Phi) is 3.48. The number of benzene rings is 1. The van der Waals surface area contributed by atoms with Gasteiger partial charge in [-0.15, -0.1) is 6.42 Å². The lowest BCUT2D eigenvalue weighted by Gasteiger charge is -2.26. The van der Waals surface area contributed by atoms with E-state index in [0.29, 0.717) is 12.6 Å². The van der Waals surface area contributed by atoms with Crippen molar-refractivity contribution in [1.29, 1.82) is 0 Å². The SMILES string of the molecule is C#CCNC1CCCc2cc(OC)ccc21. The van der Waals surface area contributed by atoms with E-state index < -0.39 is 0 Å². The fourth-order valence-corrected chi connectivity index (χ4v) is 2.31. The van der Waals surface area contributed by atoms with Crippen LogP contribution in [0.2, 0.25) is 0 Å². The van der Waals surface area contributed by atoms with Crippen LogP contribution in [0.5, 0.6) is 5.75 Å². The molecule has 2 nitrogen and oxygen atoms in total. The van der Waals surface area contributed by atoms with E-state index in [1.165, 1.54) is 24.0 Å². The van der Waals surface area contributed by atoms with Gasteiger partial charge in [-0.25, -0.2) is 0 Å². The van der Waals surface area contributed by atoms with Crippen LogP contribution in [0.1, 0.15) is 30.0 Å². The van der Waals surface area contributed by atoms with E-state index in [-0.39, 0.29) is 0 Å². The normalized spacial score (nSPS) is 18.6. The first-order valence-corrected chi connectivity index (χ1v) is 5.69. The van der Waals surface area contributed by atoms with E-state index in [1.54, 1.807) is 7.11 Å². The molecule has 1 aromatic rings. The molecule has 84 valence electrons. The van der Waals surface area contributed by atoms with Gasteiger partial charge in [0.25, 0.3) is 0 Å². The van der Waals surface area contributed by atoms with Crippen molar-refractivity contribution < 1.29 is 4.74 Å². The zero-order valence-corrected chi connectivity index (χ0v) is 9.62. The van der Waals surface area contributed by atoms with Crippen molar-refractivity contribution in [3.05, 3.63) is 29.3 Å². The second-order valence-corrected chi connectivity index (χ2v) is 4.09. The fraction of sp³-hybridized carbons (Fsp3) is 0.429. The van der Waals surface area contributed by atoms with Crippen molar-refractivity contribution in [2.24, 2.45) is 0 Å². The molecule has 0 fully saturated rings. The van der Waals surface area contributed by atoms with Crippen LogP contribution >= 0.6 is 0 Å². The molecule has 0 heterocycles. The highest BCUT2D eigenvalue weighted by atomic mass is 16.5. The van der Waals surface area contributed by atoms with Crippen LogP contribution < -0.4 is 10.1 Å². The molecule has 0 amide bonds. The zero-order valence-electron chi connectivity index (χ0n) is 9.62. The first-order valence-electron chi connectivity index (χ1n) is 5.69. The smallest absolute Gasteiger partial charge is 0.119 e. The number of nitrogens with one attached hydrogen (secondary N) is 1. The van der Waals surface area contributed by atoms with E-state index in [2.05, 4.69) is 23.4 Å². The van der Waals surface area contributed by atoms with Crippen LogP contribution in [-0.4, -0.2) is 13.7 Å². The van der Waals surface area contributed by atoms with Crippen molar-refractivity contribution in [1.82, 2.24) is 5.32 Å². The van der Waals surface area contributed by atoms with Crippen molar-refractivity contribution in [3.63, 3.8) is 0 Å². The summed E-state index contributed by atoms with van der Waals surface area (Å²) in [6.45, 7) is 0.635. The maximum absolute atomic E-state index is 5.28. The number of rotatable bonds is 3. The summed E-state index contributed by atoms with van der Waals surface area (Å²) in [6.07, 6.45) is 8.80. The van der Waals surface area contributed by atoms with E-state index in [9.17, 15) is 0 Å². The third-order valence-electron chi connectivity index (χ3n) is 3.11. The lowest BCUT2D eigenvalue weighted by molar-refractivity contribution is 0.411. The molecule has 2 heteroatoms. The number of ether oxygens (including phenoxy) is 1. The van der Waals surface area contributed by atoms with Gasteiger partial charge in [-0.2, -0.15) is 0 Å². The molecule has 1 unspecified atom stereocenters. The average Bonchev–Trinajstić information content (AvgIpc) is 2.35. The molecule has 0 spiro atoms. The van der Waals surface area contributed by atoms with Gasteiger partial charge in [0.1, 0.15) is 5.75 Å². The van der Waals surface area contributed by atoms with Gasteiger partial charge in [0.15, 0.2) is 0 Å². The van der Waals surface area contributed by atoms with Crippen LogP contribution in [-0.2, 0) is 6.42 Å². The zero-order chi connectivity index (χ0) is 11.4. The molecule has 0 aliphatic heterocycles. The minimum atomic E-state index is 0.408. The highest BCUT2D eigenvalue weighted by molar-refractivity contribution is 5.39. The van der Waals surface area contributed by atoms with Crippen LogP contribution in [0.3, 0.4) is 0 Å². The number of hydrogen-bond acceptors (Lipinski definition) is 2. The lowest BCUT2D eigenvalue weighted by Crippen LogP contribution is -2.25. The van der Waals surface area contributed by atoms with Gasteiger partial charge in [0.2, 0.25) is 0 Å². The number of methoxy groups -OCH3 is 1. The largest absolute Gasteiger partial charge is 0.497 e. The van der Waals surface area contributed by atoms with Crippen LogP contribution in [0.25, 0.3) is 0 Å². The predicted octanol–water partition coefficient (Wildman–Crippen LogP) is 2.30. The molecule has 1 aromatic carbocycles. The van der Waals surface area contributed by atoms with E-state index in [4.69, 9.17) is 11.2 Å². The Labute approximate surface area is 97.0 Å². The highest BCUT2D eigenvalue weighted by Crippen LogP contribution is 2.31. The molecule has 16 heavy (non-hydrogen) atoms. The number of fused-ring (bicyclic) bond motifs is 1. The maximum atomic E-state index is 5.28. The second kappa shape index (κ2) is 5.05. The molecule has 0 saturated carbocycles. The summed E-state index contributed by atoms with van der Waals surface area (Å²) in [5, 5.41) is 3.39. The van der Waals surface area contributed by atoms with E-state index in [0.717, 1.165) is 12.2 Å². The Morgan fingerprint density at radius 3 is 3.19 bits per heavy atom. The average molecular weight is 215 g/mol. The van der Waals surface area contributed by atoms with Crippen molar-refractivity contribution in [3.8, 4) is 18.1 Å². The van der Waals surface area contributed by atoms with Gasteiger partial charge in [-0.3, -0.25) is 5.32 Å². The van der Waals surface area contributed by atoms with Crippen LogP contribution in [0, 0.1) is 12.3 Å². The van der Waals surface area contributed by atoms with Crippen molar-refractivity contribution >= 4 is 0 Å². The first-order chi connectivity index (χ1) is 7.85. The quantitative estimate of drug-likeness (QED) is 0.781. The highest BCUT2D eigenvalue weighted by Gasteiger charge is 2.19. The van der Waals surface area contributed by atoms with Gasteiger partial charge in [-0.05, 0) is 42.5 Å². The van der Waals surface area contributed by atoms with Gasteiger partial charge >= 0.3 is 0 Å².